The predicted molar refractivity (Wildman–Crippen MR) is 99.0 cm³/mol. The lowest BCUT2D eigenvalue weighted by molar-refractivity contribution is -0.132. The molecule has 1 aliphatic heterocycles. The van der Waals surface area contributed by atoms with E-state index in [0.717, 1.165) is 24.4 Å². The maximum Gasteiger partial charge on any atom is 0.223 e. The molecular formula is C21H27N3O. The Morgan fingerprint density at radius 2 is 2.08 bits per heavy atom. The van der Waals surface area contributed by atoms with Gasteiger partial charge in [-0.05, 0) is 60.9 Å². The first-order valence-corrected chi connectivity index (χ1v) is 9.25. The van der Waals surface area contributed by atoms with Crippen LogP contribution in [-0.2, 0) is 17.9 Å². The third-order valence-electron chi connectivity index (χ3n) is 5.08. The van der Waals surface area contributed by atoms with Crippen molar-refractivity contribution in [1.29, 1.82) is 0 Å². The van der Waals surface area contributed by atoms with Crippen molar-refractivity contribution in [2.24, 2.45) is 5.92 Å². The molecule has 2 aromatic heterocycles. The monoisotopic (exact) mass is 337 g/mol. The number of pyridine rings is 2. The minimum absolute atomic E-state index is 0.261. The van der Waals surface area contributed by atoms with Crippen molar-refractivity contribution in [3.63, 3.8) is 0 Å². The SMILES string of the molecule is CC.Cc1cc(C)c2c(n1)CN(C(=O)CC1CC1c1cccnc1)C2. The third kappa shape index (κ3) is 3.73. The maximum absolute atomic E-state index is 12.6. The summed E-state index contributed by atoms with van der Waals surface area (Å²) < 4.78 is 0. The number of carbonyl (C=O) groups excluding carboxylic acids is 1. The molecule has 4 nitrogen and oxygen atoms in total. The van der Waals surface area contributed by atoms with Crippen LogP contribution in [0.2, 0.25) is 0 Å². The number of aryl methyl sites for hydroxylation is 2. The summed E-state index contributed by atoms with van der Waals surface area (Å²) in [6, 6.07) is 6.19. The summed E-state index contributed by atoms with van der Waals surface area (Å²) in [5.41, 5.74) is 5.87. The first-order valence-electron chi connectivity index (χ1n) is 9.25. The molecule has 0 radical (unpaired) electrons. The zero-order valence-corrected chi connectivity index (χ0v) is 15.6. The fourth-order valence-electron chi connectivity index (χ4n) is 3.72. The van der Waals surface area contributed by atoms with Gasteiger partial charge in [0.15, 0.2) is 0 Å². The van der Waals surface area contributed by atoms with E-state index in [4.69, 9.17) is 0 Å². The minimum atomic E-state index is 0.261. The Bertz CT molecular complexity index is 757. The normalized spacial score (nSPS) is 20.6. The van der Waals surface area contributed by atoms with Crippen LogP contribution in [0.4, 0.5) is 0 Å². The van der Waals surface area contributed by atoms with Gasteiger partial charge in [0.1, 0.15) is 0 Å². The van der Waals surface area contributed by atoms with Crippen molar-refractivity contribution in [1.82, 2.24) is 14.9 Å². The molecule has 2 aromatic rings. The number of fused-ring (bicyclic) bond motifs is 1. The van der Waals surface area contributed by atoms with E-state index in [1.54, 1.807) is 6.20 Å². The molecule has 2 unspecified atom stereocenters. The molecule has 25 heavy (non-hydrogen) atoms. The summed E-state index contributed by atoms with van der Waals surface area (Å²) in [5, 5.41) is 0. The van der Waals surface area contributed by atoms with Gasteiger partial charge >= 0.3 is 0 Å². The molecule has 1 fully saturated rings. The fourth-order valence-corrected chi connectivity index (χ4v) is 3.72. The van der Waals surface area contributed by atoms with Gasteiger partial charge in [-0.25, -0.2) is 0 Å². The Hall–Kier alpha value is -2.23. The zero-order chi connectivity index (χ0) is 18.0. The van der Waals surface area contributed by atoms with E-state index in [2.05, 4.69) is 29.0 Å². The van der Waals surface area contributed by atoms with Crippen molar-refractivity contribution in [3.05, 3.63) is 58.7 Å². The van der Waals surface area contributed by atoms with Crippen LogP contribution in [0.1, 0.15) is 60.7 Å². The Morgan fingerprint density at radius 3 is 2.80 bits per heavy atom. The number of rotatable bonds is 3. The summed E-state index contributed by atoms with van der Waals surface area (Å²) in [5.74, 6) is 1.25. The third-order valence-corrected chi connectivity index (χ3v) is 5.08. The molecule has 0 aromatic carbocycles. The van der Waals surface area contributed by atoms with Crippen LogP contribution in [0, 0.1) is 19.8 Å². The van der Waals surface area contributed by atoms with E-state index in [0.29, 0.717) is 24.8 Å². The highest BCUT2D eigenvalue weighted by Gasteiger charge is 2.41. The number of nitrogens with zero attached hydrogens (tertiary/aromatic N) is 3. The summed E-state index contributed by atoms with van der Waals surface area (Å²) in [6.07, 6.45) is 5.47. The van der Waals surface area contributed by atoms with E-state index < -0.39 is 0 Å². The van der Waals surface area contributed by atoms with Gasteiger partial charge < -0.3 is 4.90 Å². The molecule has 0 N–H and O–H groups in total. The molecule has 3 heterocycles. The minimum Gasteiger partial charge on any atom is -0.332 e. The van der Waals surface area contributed by atoms with Crippen LogP contribution in [0.25, 0.3) is 0 Å². The van der Waals surface area contributed by atoms with Crippen LogP contribution >= 0.6 is 0 Å². The quantitative estimate of drug-likeness (QED) is 0.845. The highest BCUT2D eigenvalue weighted by atomic mass is 16.2. The van der Waals surface area contributed by atoms with Crippen LogP contribution in [-0.4, -0.2) is 20.8 Å². The molecule has 0 spiro atoms. The molecule has 2 atom stereocenters. The number of aromatic nitrogens is 2. The van der Waals surface area contributed by atoms with E-state index >= 15 is 0 Å². The first kappa shape index (κ1) is 17.6. The highest BCUT2D eigenvalue weighted by molar-refractivity contribution is 5.77. The average Bonchev–Trinajstić information content (AvgIpc) is 3.24. The van der Waals surface area contributed by atoms with Gasteiger partial charge in [-0.1, -0.05) is 19.9 Å². The lowest BCUT2D eigenvalue weighted by atomic mass is 10.1. The van der Waals surface area contributed by atoms with E-state index in [1.807, 2.05) is 37.9 Å². The van der Waals surface area contributed by atoms with E-state index in [1.165, 1.54) is 16.7 Å². The summed E-state index contributed by atoms with van der Waals surface area (Å²) >= 11 is 0. The summed E-state index contributed by atoms with van der Waals surface area (Å²) in [6.45, 7) is 9.51. The van der Waals surface area contributed by atoms with Gasteiger partial charge in [-0.15, -0.1) is 0 Å². The molecule has 0 bridgehead atoms. The van der Waals surface area contributed by atoms with Crippen LogP contribution < -0.4 is 0 Å². The standard InChI is InChI=1S/C19H21N3O.C2H6/c1-12-6-13(2)21-18-11-22(10-17(12)18)19(23)8-15-7-16(15)14-4-3-5-20-9-14;1-2/h3-6,9,15-16H,7-8,10-11H2,1-2H3;1-2H3. The number of amides is 1. The molecule has 1 saturated carbocycles. The Labute approximate surface area is 150 Å². The first-order chi connectivity index (χ1) is 12.1. The second kappa shape index (κ2) is 7.34. The molecule has 1 aliphatic carbocycles. The zero-order valence-electron chi connectivity index (χ0n) is 15.6. The van der Waals surface area contributed by atoms with Crippen molar-refractivity contribution in [3.8, 4) is 0 Å². The van der Waals surface area contributed by atoms with Crippen LogP contribution in [0.3, 0.4) is 0 Å². The Balaban J connectivity index is 0.000000880. The lowest BCUT2D eigenvalue weighted by Gasteiger charge is -2.15. The van der Waals surface area contributed by atoms with Gasteiger partial charge in [-0.2, -0.15) is 0 Å². The molecule has 132 valence electrons. The highest BCUT2D eigenvalue weighted by Crippen LogP contribution is 2.49. The summed E-state index contributed by atoms with van der Waals surface area (Å²) in [7, 11) is 0. The number of carbonyl (C=O) groups is 1. The van der Waals surface area contributed by atoms with Gasteiger partial charge in [0.25, 0.3) is 0 Å². The lowest BCUT2D eigenvalue weighted by Crippen LogP contribution is -2.25. The molecular weight excluding hydrogens is 310 g/mol. The van der Waals surface area contributed by atoms with Crippen LogP contribution in [0.5, 0.6) is 0 Å². The topological polar surface area (TPSA) is 46.1 Å². The Kier molecular flexibility index (Phi) is 5.16. The second-order valence-electron chi connectivity index (χ2n) is 6.85. The largest absolute Gasteiger partial charge is 0.332 e. The fraction of sp³-hybridized carbons (Fsp3) is 0.476. The van der Waals surface area contributed by atoms with E-state index in [9.17, 15) is 4.79 Å². The maximum atomic E-state index is 12.6. The Morgan fingerprint density at radius 1 is 1.28 bits per heavy atom. The van der Waals surface area contributed by atoms with Gasteiger partial charge in [0, 0.05) is 31.1 Å². The van der Waals surface area contributed by atoms with Gasteiger partial charge in [0.2, 0.25) is 5.91 Å². The van der Waals surface area contributed by atoms with Gasteiger partial charge in [-0.3, -0.25) is 14.8 Å². The number of hydrogen-bond acceptors (Lipinski definition) is 3. The second-order valence-corrected chi connectivity index (χ2v) is 6.85. The van der Waals surface area contributed by atoms with Crippen molar-refractivity contribution >= 4 is 5.91 Å². The van der Waals surface area contributed by atoms with Crippen LogP contribution in [0.15, 0.2) is 30.6 Å². The molecule has 0 saturated heterocycles. The molecule has 4 heteroatoms. The molecule has 4 rings (SSSR count). The van der Waals surface area contributed by atoms with E-state index in [-0.39, 0.29) is 5.91 Å². The average molecular weight is 337 g/mol. The van der Waals surface area contributed by atoms with Gasteiger partial charge in [0.05, 0.1) is 12.2 Å². The van der Waals surface area contributed by atoms with Crippen molar-refractivity contribution < 1.29 is 4.79 Å². The molecule has 2 aliphatic rings. The summed E-state index contributed by atoms with van der Waals surface area (Å²) in [4.78, 5) is 23.4. The van der Waals surface area contributed by atoms with Crippen molar-refractivity contribution in [2.45, 2.75) is 59.5 Å². The predicted octanol–water partition coefficient (Wildman–Crippen LogP) is 4.16. The van der Waals surface area contributed by atoms with Crippen molar-refractivity contribution in [2.75, 3.05) is 0 Å². The molecule has 1 amide bonds. The smallest absolute Gasteiger partial charge is 0.223 e. The number of hydrogen-bond donors (Lipinski definition) is 0.